The number of hydrogen-bond acceptors (Lipinski definition) is 4. The number of piperidine rings is 1. The average Bonchev–Trinajstić information content (AvgIpc) is 2.55. The SMILES string of the molecule is COc1ccc(NC(=O)N2CCCC(C(N)=NO)C2)cc1. The molecule has 4 N–H and O–H groups in total. The van der Waals surface area contributed by atoms with Gasteiger partial charge < -0.3 is 25.9 Å². The van der Waals surface area contributed by atoms with Crippen molar-refractivity contribution in [3.63, 3.8) is 0 Å². The molecule has 1 aliphatic heterocycles. The van der Waals surface area contributed by atoms with Crippen LogP contribution in [0.25, 0.3) is 0 Å². The molecule has 2 amide bonds. The Balaban J connectivity index is 1.95. The molecule has 1 aromatic carbocycles. The van der Waals surface area contributed by atoms with Gasteiger partial charge >= 0.3 is 6.03 Å². The molecular weight excluding hydrogens is 272 g/mol. The van der Waals surface area contributed by atoms with Crippen LogP contribution >= 0.6 is 0 Å². The Kier molecular flexibility index (Phi) is 4.86. The summed E-state index contributed by atoms with van der Waals surface area (Å²) in [6.45, 7) is 1.12. The van der Waals surface area contributed by atoms with Crippen molar-refractivity contribution in [1.82, 2.24) is 4.90 Å². The summed E-state index contributed by atoms with van der Waals surface area (Å²) in [5.74, 6) is 0.820. The molecule has 0 aromatic heterocycles. The number of carbonyl (C=O) groups excluding carboxylic acids is 1. The predicted molar refractivity (Wildman–Crippen MR) is 79.7 cm³/mol. The number of nitrogens with zero attached hydrogens (tertiary/aromatic N) is 2. The van der Waals surface area contributed by atoms with Gasteiger partial charge in [-0.15, -0.1) is 0 Å². The van der Waals surface area contributed by atoms with Crippen molar-refractivity contribution in [1.29, 1.82) is 0 Å². The number of methoxy groups -OCH3 is 1. The van der Waals surface area contributed by atoms with Crippen molar-refractivity contribution in [3.05, 3.63) is 24.3 Å². The van der Waals surface area contributed by atoms with Gasteiger partial charge in [-0.3, -0.25) is 0 Å². The van der Waals surface area contributed by atoms with E-state index in [1.165, 1.54) is 0 Å². The summed E-state index contributed by atoms with van der Waals surface area (Å²) in [4.78, 5) is 13.9. The normalized spacial score (nSPS) is 19.2. The van der Waals surface area contributed by atoms with Gasteiger partial charge in [-0.05, 0) is 37.1 Å². The Bertz CT molecular complexity index is 515. The van der Waals surface area contributed by atoms with Gasteiger partial charge in [0.1, 0.15) is 11.6 Å². The molecule has 1 heterocycles. The third-order valence-electron chi connectivity index (χ3n) is 3.58. The van der Waals surface area contributed by atoms with E-state index in [1.54, 1.807) is 36.3 Å². The predicted octanol–water partition coefficient (Wildman–Crippen LogP) is 1.69. The number of oxime groups is 1. The zero-order valence-electron chi connectivity index (χ0n) is 12.0. The molecule has 0 radical (unpaired) electrons. The van der Waals surface area contributed by atoms with E-state index >= 15 is 0 Å². The van der Waals surface area contributed by atoms with Crippen LogP contribution in [0.2, 0.25) is 0 Å². The number of anilines is 1. The standard InChI is InChI=1S/C14H20N4O3/c1-21-12-6-4-11(5-7-12)16-14(19)18-8-2-3-10(9-18)13(15)17-20/h4-7,10,20H,2-3,8-9H2,1H3,(H2,15,17)(H,16,19). The fourth-order valence-corrected chi connectivity index (χ4v) is 2.36. The van der Waals surface area contributed by atoms with Crippen molar-refractivity contribution in [3.8, 4) is 5.75 Å². The smallest absolute Gasteiger partial charge is 0.321 e. The largest absolute Gasteiger partial charge is 0.497 e. The van der Waals surface area contributed by atoms with E-state index in [1.807, 2.05) is 0 Å². The quantitative estimate of drug-likeness (QED) is 0.341. The molecule has 1 saturated heterocycles. The highest BCUT2D eigenvalue weighted by Crippen LogP contribution is 2.19. The van der Waals surface area contributed by atoms with E-state index in [9.17, 15) is 4.79 Å². The van der Waals surface area contributed by atoms with Gasteiger partial charge in [0.2, 0.25) is 0 Å². The molecule has 0 bridgehead atoms. The lowest BCUT2D eigenvalue weighted by atomic mass is 9.97. The molecule has 0 saturated carbocycles. The minimum absolute atomic E-state index is 0.0923. The Morgan fingerprint density at radius 3 is 2.81 bits per heavy atom. The Morgan fingerprint density at radius 2 is 2.19 bits per heavy atom. The van der Waals surface area contributed by atoms with Crippen molar-refractivity contribution in [2.75, 3.05) is 25.5 Å². The molecule has 7 heteroatoms. The fraction of sp³-hybridized carbons (Fsp3) is 0.429. The van der Waals surface area contributed by atoms with Crippen molar-refractivity contribution < 1.29 is 14.7 Å². The fourth-order valence-electron chi connectivity index (χ4n) is 2.36. The lowest BCUT2D eigenvalue weighted by molar-refractivity contribution is 0.190. The Labute approximate surface area is 123 Å². The highest BCUT2D eigenvalue weighted by atomic mass is 16.5. The number of urea groups is 1. The van der Waals surface area contributed by atoms with Gasteiger partial charge in [0.05, 0.1) is 7.11 Å². The van der Waals surface area contributed by atoms with E-state index in [0.717, 1.165) is 18.6 Å². The molecule has 0 spiro atoms. The van der Waals surface area contributed by atoms with Crippen LogP contribution in [-0.2, 0) is 0 Å². The van der Waals surface area contributed by atoms with Crippen LogP contribution in [0.3, 0.4) is 0 Å². The third kappa shape index (κ3) is 3.77. The maximum Gasteiger partial charge on any atom is 0.321 e. The van der Waals surface area contributed by atoms with Gasteiger partial charge in [-0.1, -0.05) is 5.16 Å². The van der Waals surface area contributed by atoms with Gasteiger partial charge in [0, 0.05) is 24.7 Å². The van der Waals surface area contributed by atoms with E-state index in [4.69, 9.17) is 15.7 Å². The molecule has 0 aliphatic carbocycles. The van der Waals surface area contributed by atoms with Crippen LogP contribution in [0.1, 0.15) is 12.8 Å². The first kappa shape index (κ1) is 15.0. The van der Waals surface area contributed by atoms with Crippen LogP contribution in [0.4, 0.5) is 10.5 Å². The van der Waals surface area contributed by atoms with E-state index in [-0.39, 0.29) is 17.8 Å². The van der Waals surface area contributed by atoms with Gasteiger partial charge in [-0.2, -0.15) is 0 Å². The number of benzene rings is 1. The van der Waals surface area contributed by atoms with Gasteiger partial charge in [-0.25, -0.2) is 4.79 Å². The van der Waals surface area contributed by atoms with E-state index in [0.29, 0.717) is 18.8 Å². The van der Waals surface area contributed by atoms with Crippen LogP contribution < -0.4 is 15.8 Å². The van der Waals surface area contributed by atoms with Crippen LogP contribution in [-0.4, -0.2) is 42.2 Å². The zero-order chi connectivity index (χ0) is 15.2. The second kappa shape index (κ2) is 6.83. The van der Waals surface area contributed by atoms with Crippen LogP contribution in [0, 0.1) is 5.92 Å². The summed E-state index contributed by atoms with van der Waals surface area (Å²) < 4.78 is 5.07. The van der Waals surface area contributed by atoms with Crippen molar-refractivity contribution in [2.24, 2.45) is 16.8 Å². The summed E-state index contributed by atoms with van der Waals surface area (Å²) in [6, 6.07) is 6.94. The lowest BCUT2D eigenvalue weighted by Crippen LogP contribution is -2.45. The maximum atomic E-state index is 12.2. The number of likely N-dealkylation sites (tertiary alicyclic amines) is 1. The molecule has 1 aliphatic rings. The minimum Gasteiger partial charge on any atom is -0.497 e. The average molecular weight is 292 g/mol. The maximum absolute atomic E-state index is 12.2. The van der Waals surface area contributed by atoms with Crippen molar-refractivity contribution in [2.45, 2.75) is 12.8 Å². The first-order chi connectivity index (χ1) is 10.1. The van der Waals surface area contributed by atoms with E-state index < -0.39 is 0 Å². The molecule has 21 heavy (non-hydrogen) atoms. The molecule has 7 nitrogen and oxygen atoms in total. The summed E-state index contributed by atoms with van der Waals surface area (Å²) in [7, 11) is 1.59. The number of amidine groups is 1. The summed E-state index contributed by atoms with van der Waals surface area (Å²) >= 11 is 0. The number of carbonyl (C=O) groups is 1. The second-order valence-corrected chi connectivity index (χ2v) is 4.97. The Morgan fingerprint density at radius 1 is 1.48 bits per heavy atom. The number of hydrogen-bond donors (Lipinski definition) is 3. The highest BCUT2D eigenvalue weighted by Gasteiger charge is 2.26. The molecule has 114 valence electrons. The number of rotatable bonds is 3. The molecule has 1 unspecified atom stereocenters. The number of amides is 2. The molecular formula is C14H20N4O3. The minimum atomic E-state index is -0.185. The number of nitrogens with two attached hydrogens (primary N) is 1. The summed E-state index contributed by atoms with van der Waals surface area (Å²) in [5.41, 5.74) is 6.32. The number of nitrogens with one attached hydrogen (secondary N) is 1. The summed E-state index contributed by atoms with van der Waals surface area (Å²) in [6.07, 6.45) is 1.65. The first-order valence-corrected chi connectivity index (χ1v) is 6.81. The Hall–Kier alpha value is -2.44. The van der Waals surface area contributed by atoms with Crippen LogP contribution in [0.15, 0.2) is 29.4 Å². The second-order valence-electron chi connectivity index (χ2n) is 4.97. The highest BCUT2D eigenvalue weighted by molar-refractivity contribution is 5.90. The monoisotopic (exact) mass is 292 g/mol. The van der Waals surface area contributed by atoms with Gasteiger partial charge in [0.15, 0.2) is 0 Å². The molecule has 2 rings (SSSR count). The molecule has 1 aromatic rings. The van der Waals surface area contributed by atoms with Gasteiger partial charge in [0.25, 0.3) is 0 Å². The van der Waals surface area contributed by atoms with Crippen LogP contribution in [0.5, 0.6) is 5.75 Å². The molecule has 1 fully saturated rings. The molecule has 1 atom stereocenters. The topological polar surface area (TPSA) is 100 Å². The van der Waals surface area contributed by atoms with E-state index in [2.05, 4.69) is 10.5 Å². The summed E-state index contributed by atoms with van der Waals surface area (Å²) in [5, 5.41) is 14.6. The lowest BCUT2D eigenvalue weighted by Gasteiger charge is -2.32. The zero-order valence-corrected chi connectivity index (χ0v) is 12.0. The first-order valence-electron chi connectivity index (χ1n) is 6.81. The number of ether oxygens (including phenoxy) is 1. The third-order valence-corrected chi connectivity index (χ3v) is 3.58. The van der Waals surface area contributed by atoms with Crippen molar-refractivity contribution >= 4 is 17.6 Å².